The predicted octanol–water partition coefficient (Wildman–Crippen LogP) is 0.331. The van der Waals surface area contributed by atoms with E-state index in [-0.39, 0.29) is 0 Å². The fourth-order valence-corrected chi connectivity index (χ4v) is 3.17. The lowest BCUT2D eigenvalue weighted by molar-refractivity contribution is -0.571. The molecule has 0 aliphatic heterocycles. The minimum Gasteiger partial charge on any atom is -0.368 e. The van der Waals surface area contributed by atoms with E-state index in [4.69, 9.17) is 0 Å². The molecule has 1 amide bonds. The lowest BCUT2D eigenvalue weighted by Gasteiger charge is -2.24. The number of nitrogens with zero attached hydrogens (tertiary/aromatic N) is 2. The molecular formula is C6H10F3N3O5Si. The van der Waals surface area contributed by atoms with Crippen molar-refractivity contribution < 1.29 is 27.8 Å². The Kier molecular flexibility index (Phi) is 4.78. The largest absolute Gasteiger partial charge is 0.470 e. The molecule has 0 saturated carbocycles. The van der Waals surface area contributed by atoms with Gasteiger partial charge in [-0.05, 0) is 13.1 Å². The van der Waals surface area contributed by atoms with Gasteiger partial charge >= 0.3 is 12.1 Å². The summed E-state index contributed by atoms with van der Waals surface area (Å²) in [6.45, 7) is 0.964. The average Bonchev–Trinajstić information content (AvgIpc) is 2.10. The SMILES string of the molecule is C[Si](C)(NC(=O)C(F)(F)F)C(C[N+](=O)[O-])[N+](=O)[O-]. The Balaban J connectivity index is 5.02. The zero-order chi connectivity index (χ0) is 14.7. The van der Waals surface area contributed by atoms with E-state index in [0.717, 1.165) is 13.1 Å². The molecule has 0 radical (unpaired) electrons. The smallest absolute Gasteiger partial charge is 0.368 e. The highest BCUT2D eigenvalue weighted by Crippen LogP contribution is 2.17. The van der Waals surface area contributed by atoms with Crippen LogP contribution in [0.4, 0.5) is 13.2 Å². The Morgan fingerprint density at radius 3 is 2.06 bits per heavy atom. The maximum absolute atomic E-state index is 12.0. The fourth-order valence-electron chi connectivity index (χ4n) is 1.15. The van der Waals surface area contributed by atoms with Crippen LogP contribution in [0.15, 0.2) is 0 Å². The maximum Gasteiger partial charge on any atom is 0.470 e. The minimum atomic E-state index is -5.18. The van der Waals surface area contributed by atoms with Gasteiger partial charge in [-0.15, -0.1) is 0 Å². The second-order valence-electron chi connectivity index (χ2n) is 3.99. The summed E-state index contributed by atoms with van der Waals surface area (Å²) in [5, 5.41) is 20.8. The highest BCUT2D eigenvalue weighted by molar-refractivity contribution is 6.78. The van der Waals surface area contributed by atoms with Crippen LogP contribution in [0.1, 0.15) is 0 Å². The number of halogens is 3. The molecule has 0 aromatic heterocycles. The van der Waals surface area contributed by atoms with Crippen LogP contribution in [-0.2, 0) is 4.79 Å². The summed E-state index contributed by atoms with van der Waals surface area (Å²) in [6, 6.07) is 0. The average molecular weight is 289 g/mol. The van der Waals surface area contributed by atoms with E-state index >= 15 is 0 Å². The number of nitrogens with one attached hydrogen (secondary N) is 1. The molecule has 104 valence electrons. The molecule has 0 heterocycles. The molecule has 0 aliphatic carbocycles. The van der Waals surface area contributed by atoms with Gasteiger partial charge in [0.15, 0.2) is 0 Å². The van der Waals surface area contributed by atoms with Gasteiger partial charge in [-0.1, -0.05) is 0 Å². The van der Waals surface area contributed by atoms with Gasteiger partial charge in [-0.3, -0.25) is 25.0 Å². The molecule has 12 heteroatoms. The molecule has 0 spiro atoms. The van der Waals surface area contributed by atoms with Crippen LogP contribution in [0.5, 0.6) is 0 Å². The van der Waals surface area contributed by atoms with E-state index in [9.17, 15) is 38.2 Å². The first-order valence-corrected chi connectivity index (χ1v) is 7.60. The normalized spacial score (nSPS) is 13.8. The van der Waals surface area contributed by atoms with Crippen LogP contribution in [0, 0.1) is 20.2 Å². The maximum atomic E-state index is 12.0. The summed E-state index contributed by atoms with van der Waals surface area (Å²) >= 11 is 0. The van der Waals surface area contributed by atoms with Crippen LogP contribution < -0.4 is 4.98 Å². The molecule has 0 aromatic rings. The molecule has 18 heavy (non-hydrogen) atoms. The fraction of sp³-hybridized carbons (Fsp3) is 0.833. The van der Waals surface area contributed by atoms with Crippen molar-refractivity contribution in [2.24, 2.45) is 0 Å². The molecule has 0 aromatic carbocycles. The van der Waals surface area contributed by atoms with Crippen LogP contribution >= 0.6 is 0 Å². The first-order chi connectivity index (χ1) is 7.88. The third-order valence-corrected chi connectivity index (χ3v) is 5.03. The molecule has 1 unspecified atom stereocenters. The van der Waals surface area contributed by atoms with Crippen molar-refractivity contribution in [3.63, 3.8) is 0 Å². The number of nitro groups is 2. The van der Waals surface area contributed by atoms with E-state index in [1.54, 1.807) is 0 Å². The number of carbonyl (C=O) groups excluding carboxylic acids is 1. The van der Waals surface area contributed by atoms with Gasteiger partial charge in [0.2, 0.25) is 8.24 Å². The summed E-state index contributed by atoms with van der Waals surface area (Å²) in [7, 11) is -3.59. The third-order valence-electron chi connectivity index (χ3n) is 2.10. The van der Waals surface area contributed by atoms with Gasteiger partial charge in [0.25, 0.3) is 12.2 Å². The van der Waals surface area contributed by atoms with Gasteiger partial charge in [0.1, 0.15) is 0 Å². The lowest BCUT2D eigenvalue weighted by atomic mass is 10.6. The Labute approximate surface area is 99.5 Å². The molecule has 0 fully saturated rings. The van der Waals surface area contributed by atoms with Crippen LogP contribution in [0.3, 0.4) is 0 Å². The highest BCUT2D eigenvalue weighted by atomic mass is 28.3. The molecule has 0 bridgehead atoms. The van der Waals surface area contributed by atoms with Crippen molar-refractivity contribution in [2.75, 3.05) is 6.54 Å². The Morgan fingerprint density at radius 2 is 1.78 bits per heavy atom. The topological polar surface area (TPSA) is 115 Å². The number of hydrogen-bond acceptors (Lipinski definition) is 5. The van der Waals surface area contributed by atoms with Crippen LogP contribution in [-0.4, -0.2) is 42.4 Å². The van der Waals surface area contributed by atoms with Gasteiger partial charge < -0.3 is 4.98 Å². The van der Waals surface area contributed by atoms with Gasteiger partial charge in [0, 0.05) is 9.85 Å². The second-order valence-corrected chi connectivity index (χ2v) is 8.35. The Bertz CT molecular complexity index is 372. The summed E-state index contributed by atoms with van der Waals surface area (Å²) in [5.41, 5.74) is -1.83. The summed E-state index contributed by atoms with van der Waals surface area (Å²) in [6.07, 6.45) is -5.18. The standard InChI is InChI=1S/C6H10F3N3O5Si/c1-18(2,10-5(13)6(7,8)9)4(12(16)17)3-11(14)15/h4H,3H2,1-2H3,(H,10,13). The van der Waals surface area contributed by atoms with Crippen molar-refractivity contribution in [1.29, 1.82) is 0 Å². The molecule has 1 N–H and O–H groups in total. The van der Waals surface area contributed by atoms with E-state index in [2.05, 4.69) is 0 Å². The third kappa shape index (κ3) is 4.64. The van der Waals surface area contributed by atoms with Crippen molar-refractivity contribution in [1.82, 2.24) is 4.98 Å². The number of amides is 1. The van der Waals surface area contributed by atoms with Gasteiger partial charge in [-0.2, -0.15) is 13.2 Å². The first kappa shape index (κ1) is 16.3. The van der Waals surface area contributed by atoms with E-state index in [1.807, 2.05) is 0 Å². The number of carbonyl (C=O) groups is 1. The number of hydrogen-bond donors (Lipinski definition) is 1. The van der Waals surface area contributed by atoms with Gasteiger partial charge in [0.05, 0.1) is 0 Å². The predicted molar refractivity (Wildman–Crippen MR) is 54.3 cm³/mol. The van der Waals surface area contributed by atoms with Crippen molar-refractivity contribution in [3.8, 4) is 0 Å². The summed E-state index contributed by atoms with van der Waals surface area (Å²) in [5.74, 6) is -2.32. The minimum absolute atomic E-state index is 0.998. The Hall–Kier alpha value is -1.72. The van der Waals surface area contributed by atoms with Crippen molar-refractivity contribution in [3.05, 3.63) is 20.2 Å². The Morgan fingerprint density at radius 1 is 1.33 bits per heavy atom. The monoisotopic (exact) mass is 289 g/mol. The van der Waals surface area contributed by atoms with Crippen LogP contribution in [0.2, 0.25) is 13.1 Å². The molecular weight excluding hydrogens is 279 g/mol. The van der Waals surface area contributed by atoms with Crippen molar-refractivity contribution >= 4 is 14.1 Å². The van der Waals surface area contributed by atoms with E-state index < -0.39 is 42.4 Å². The van der Waals surface area contributed by atoms with Gasteiger partial charge in [-0.25, -0.2) is 0 Å². The lowest BCUT2D eigenvalue weighted by Crippen LogP contribution is -2.64. The quantitative estimate of drug-likeness (QED) is 0.445. The molecule has 0 aliphatic rings. The summed E-state index contributed by atoms with van der Waals surface area (Å²) in [4.78, 5) is 31.0. The van der Waals surface area contributed by atoms with Crippen LogP contribution in [0.25, 0.3) is 0 Å². The molecule has 1 atom stereocenters. The zero-order valence-electron chi connectivity index (χ0n) is 9.35. The molecule has 0 rings (SSSR count). The summed E-state index contributed by atoms with van der Waals surface area (Å²) < 4.78 is 36.0. The highest BCUT2D eigenvalue weighted by Gasteiger charge is 2.51. The first-order valence-electron chi connectivity index (χ1n) is 4.52. The number of alkyl halides is 3. The van der Waals surface area contributed by atoms with E-state index in [1.165, 1.54) is 4.98 Å². The zero-order valence-corrected chi connectivity index (χ0v) is 10.4. The number of rotatable bonds is 5. The second kappa shape index (κ2) is 5.28. The van der Waals surface area contributed by atoms with E-state index in [0.29, 0.717) is 0 Å². The molecule has 0 saturated heterocycles. The van der Waals surface area contributed by atoms with Crippen molar-refractivity contribution in [2.45, 2.75) is 24.9 Å². The molecule has 8 nitrogen and oxygen atoms in total.